The van der Waals surface area contributed by atoms with Gasteiger partial charge in [-0.1, -0.05) is 0 Å². The zero-order valence-electron chi connectivity index (χ0n) is 11.8. The molecule has 2 aromatic heterocycles. The lowest BCUT2D eigenvalue weighted by Crippen LogP contribution is -2.37. The number of carbonyl (C=O) groups excluding carboxylic acids is 1. The van der Waals surface area contributed by atoms with Crippen molar-refractivity contribution in [2.45, 2.75) is 26.3 Å². The number of amides is 2. The van der Waals surface area contributed by atoms with Gasteiger partial charge in [0.1, 0.15) is 11.5 Å². The highest BCUT2D eigenvalue weighted by molar-refractivity contribution is 5.99. The SMILES string of the molecule is Cc1cc(NC(=O)NC(C)Cc2ccco2)c(C(=O)O)[nH]1. The van der Waals surface area contributed by atoms with Crippen LogP contribution in [0, 0.1) is 6.92 Å². The van der Waals surface area contributed by atoms with Gasteiger partial charge < -0.3 is 25.1 Å². The summed E-state index contributed by atoms with van der Waals surface area (Å²) in [5.41, 5.74) is 0.857. The fourth-order valence-electron chi connectivity index (χ4n) is 2.02. The van der Waals surface area contributed by atoms with Crippen molar-refractivity contribution in [3.63, 3.8) is 0 Å². The molecular weight excluding hydrogens is 274 g/mol. The van der Waals surface area contributed by atoms with Gasteiger partial charge in [0.05, 0.1) is 12.0 Å². The highest BCUT2D eigenvalue weighted by atomic mass is 16.4. The molecular formula is C14H17N3O4. The molecule has 0 fully saturated rings. The minimum Gasteiger partial charge on any atom is -0.477 e. The minimum absolute atomic E-state index is 0.0404. The Hall–Kier alpha value is -2.70. The normalized spacial score (nSPS) is 11.9. The van der Waals surface area contributed by atoms with E-state index in [9.17, 15) is 9.59 Å². The molecule has 2 rings (SSSR count). The van der Waals surface area contributed by atoms with Gasteiger partial charge in [-0.3, -0.25) is 0 Å². The lowest BCUT2D eigenvalue weighted by atomic mass is 10.2. The Morgan fingerprint density at radius 3 is 2.86 bits per heavy atom. The molecule has 0 bridgehead atoms. The topological polar surface area (TPSA) is 107 Å². The van der Waals surface area contributed by atoms with Crippen LogP contribution in [0.25, 0.3) is 0 Å². The molecule has 0 aliphatic carbocycles. The number of aromatic amines is 1. The van der Waals surface area contributed by atoms with Gasteiger partial charge in [-0.2, -0.15) is 0 Å². The number of anilines is 1. The van der Waals surface area contributed by atoms with Gasteiger partial charge >= 0.3 is 12.0 Å². The summed E-state index contributed by atoms with van der Waals surface area (Å²) in [7, 11) is 0. The van der Waals surface area contributed by atoms with Gasteiger partial charge in [0.15, 0.2) is 0 Å². The lowest BCUT2D eigenvalue weighted by molar-refractivity contribution is 0.0692. The highest BCUT2D eigenvalue weighted by Crippen LogP contribution is 2.16. The molecule has 0 spiro atoms. The van der Waals surface area contributed by atoms with Crippen molar-refractivity contribution in [1.29, 1.82) is 0 Å². The van der Waals surface area contributed by atoms with E-state index in [2.05, 4.69) is 15.6 Å². The summed E-state index contributed by atoms with van der Waals surface area (Å²) in [6, 6.07) is 4.57. The number of hydrogen-bond donors (Lipinski definition) is 4. The summed E-state index contributed by atoms with van der Waals surface area (Å²) in [6.45, 7) is 3.55. The molecule has 1 atom stereocenters. The first-order valence-corrected chi connectivity index (χ1v) is 6.48. The molecule has 2 aromatic rings. The predicted octanol–water partition coefficient (Wildman–Crippen LogP) is 2.37. The molecule has 7 nitrogen and oxygen atoms in total. The number of carbonyl (C=O) groups is 2. The minimum atomic E-state index is -1.12. The zero-order valence-corrected chi connectivity index (χ0v) is 11.8. The maximum atomic E-state index is 11.9. The Balaban J connectivity index is 1.94. The van der Waals surface area contributed by atoms with Crippen molar-refractivity contribution < 1.29 is 19.1 Å². The molecule has 0 aromatic carbocycles. The predicted molar refractivity (Wildman–Crippen MR) is 76.5 cm³/mol. The third kappa shape index (κ3) is 3.88. The Morgan fingerprint density at radius 2 is 2.24 bits per heavy atom. The maximum Gasteiger partial charge on any atom is 0.354 e. The number of rotatable bonds is 5. The van der Waals surface area contributed by atoms with Crippen molar-refractivity contribution in [3.05, 3.63) is 41.6 Å². The summed E-state index contributed by atoms with van der Waals surface area (Å²) in [5, 5.41) is 14.3. The average Bonchev–Trinajstić information content (AvgIpc) is 2.98. The van der Waals surface area contributed by atoms with E-state index >= 15 is 0 Å². The number of aromatic nitrogens is 1. The van der Waals surface area contributed by atoms with Crippen LogP contribution in [-0.4, -0.2) is 28.1 Å². The lowest BCUT2D eigenvalue weighted by Gasteiger charge is -2.13. The van der Waals surface area contributed by atoms with Crippen LogP contribution in [0.15, 0.2) is 28.9 Å². The first-order valence-electron chi connectivity index (χ1n) is 6.48. The van der Waals surface area contributed by atoms with Crippen LogP contribution in [0.5, 0.6) is 0 Å². The third-order valence-electron chi connectivity index (χ3n) is 2.88. The Bertz CT molecular complexity index is 631. The summed E-state index contributed by atoms with van der Waals surface area (Å²) in [4.78, 5) is 25.6. The molecule has 0 aliphatic rings. The van der Waals surface area contributed by atoms with Gasteiger partial charge in [-0.05, 0) is 32.0 Å². The standard InChI is InChI=1S/C14H17N3O4/c1-8(6-10-4-3-5-21-10)16-14(20)17-11-7-9(2)15-12(11)13(18)19/h3-5,7-8,15H,6H2,1-2H3,(H,18,19)(H2,16,17,20). The molecule has 0 radical (unpaired) electrons. The van der Waals surface area contributed by atoms with Crippen molar-refractivity contribution in [2.75, 3.05) is 5.32 Å². The Labute approximate surface area is 121 Å². The van der Waals surface area contributed by atoms with E-state index in [1.807, 2.05) is 13.0 Å². The second kappa shape index (κ2) is 6.17. The number of aromatic carboxylic acids is 1. The molecule has 4 N–H and O–H groups in total. The average molecular weight is 291 g/mol. The van der Waals surface area contributed by atoms with Gasteiger partial charge in [0.25, 0.3) is 0 Å². The fourth-order valence-corrected chi connectivity index (χ4v) is 2.02. The summed E-state index contributed by atoms with van der Waals surface area (Å²) < 4.78 is 5.20. The van der Waals surface area contributed by atoms with Gasteiger partial charge in [-0.25, -0.2) is 9.59 Å². The van der Waals surface area contributed by atoms with E-state index in [0.717, 1.165) is 5.76 Å². The molecule has 7 heteroatoms. The van der Waals surface area contributed by atoms with Crippen LogP contribution in [0.4, 0.5) is 10.5 Å². The second-order valence-electron chi connectivity index (χ2n) is 4.83. The second-order valence-corrected chi connectivity index (χ2v) is 4.83. The largest absolute Gasteiger partial charge is 0.477 e. The zero-order chi connectivity index (χ0) is 15.4. The molecule has 1 unspecified atom stereocenters. The van der Waals surface area contributed by atoms with E-state index in [0.29, 0.717) is 12.1 Å². The molecule has 2 heterocycles. The maximum absolute atomic E-state index is 11.9. The van der Waals surface area contributed by atoms with Gasteiger partial charge in [0, 0.05) is 18.2 Å². The number of nitrogens with one attached hydrogen (secondary N) is 3. The first-order chi connectivity index (χ1) is 9.95. The van der Waals surface area contributed by atoms with Crippen LogP contribution in [0.1, 0.15) is 28.9 Å². The number of hydrogen-bond acceptors (Lipinski definition) is 3. The van der Waals surface area contributed by atoms with E-state index in [4.69, 9.17) is 9.52 Å². The first kappa shape index (κ1) is 14.7. The van der Waals surface area contributed by atoms with E-state index in [1.54, 1.807) is 25.3 Å². The Kier molecular flexibility index (Phi) is 4.32. The van der Waals surface area contributed by atoms with Crippen LogP contribution < -0.4 is 10.6 Å². The number of carboxylic acid groups (broad SMARTS) is 1. The highest BCUT2D eigenvalue weighted by Gasteiger charge is 2.16. The van der Waals surface area contributed by atoms with Gasteiger partial charge in [0.2, 0.25) is 0 Å². The number of H-pyrrole nitrogens is 1. The smallest absolute Gasteiger partial charge is 0.354 e. The van der Waals surface area contributed by atoms with Crippen LogP contribution in [0.3, 0.4) is 0 Å². The van der Waals surface area contributed by atoms with Crippen LogP contribution >= 0.6 is 0 Å². The van der Waals surface area contributed by atoms with Crippen molar-refractivity contribution in [2.24, 2.45) is 0 Å². The molecule has 0 aliphatic heterocycles. The van der Waals surface area contributed by atoms with Gasteiger partial charge in [-0.15, -0.1) is 0 Å². The fraction of sp³-hybridized carbons (Fsp3) is 0.286. The molecule has 2 amide bonds. The van der Waals surface area contributed by atoms with Crippen molar-refractivity contribution >= 4 is 17.7 Å². The number of urea groups is 1. The summed E-state index contributed by atoms with van der Waals surface area (Å²) in [6.07, 6.45) is 2.13. The molecule has 0 saturated heterocycles. The van der Waals surface area contributed by atoms with E-state index < -0.39 is 12.0 Å². The van der Waals surface area contributed by atoms with Crippen LogP contribution in [0.2, 0.25) is 0 Å². The molecule has 112 valence electrons. The quantitative estimate of drug-likeness (QED) is 0.678. The molecule has 21 heavy (non-hydrogen) atoms. The number of furan rings is 1. The monoisotopic (exact) mass is 291 g/mol. The van der Waals surface area contributed by atoms with E-state index in [1.165, 1.54) is 0 Å². The summed E-state index contributed by atoms with van der Waals surface area (Å²) >= 11 is 0. The van der Waals surface area contributed by atoms with Crippen LogP contribution in [-0.2, 0) is 6.42 Å². The summed E-state index contributed by atoms with van der Waals surface area (Å²) in [5.74, 6) is -0.353. The third-order valence-corrected chi connectivity index (χ3v) is 2.88. The number of aryl methyl sites for hydroxylation is 1. The molecule has 0 saturated carbocycles. The Morgan fingerprint density at radius 1 is 1.48 bits per heavy atom. The number of carboxylic acids is 1. The van der Waals surface area contributed by atoms with Crippen molar-refractivity contribution in [3.8, 4) is 0 Å². The van der Waals surface area contributed by atoms with E-state index in [-0.39, 0.29) is 17.4 Å². The van der Waals surface area contributed by atoms with Crippen molar-refractivity contribution in [1.82, 2.24) is 10.3 Å².